The molecule has 27 heavy (non-hydrogen) atoms. The standard InChI is InChI=1S/C13H13N5O9/c19-10(15-6-12(21)22)4-14-11(20)5-16-13(23)7-1-8(17(24)25)3-9(2-7)18(26)27/h1-3H,4-6H2,(H,14,20)(H,15,19)(H,16,23)(H,21,22). The van der Waals surface area contributed by atoms with E-state index in [1.165, 1.54) is 0 Å². The summed E-state index contributed by atoms with van der Waals surface area (Å²) in [6.45, 7) is -1.79. The molecule has 0 atom stereocenters. The molecule has 0 unspecified atom stereocenters. The molecule has 3 amide bonds. The fourth-order valence-corrected chi connectivity index (χ4v) is 1.68. The van der Waals surface area contributed by atoms with Gasteiger partial charge in [0.05, 0.1) is 34.6 Å². The Hall–Kier alpha value is -4.10. The van der Waals surface area contributed by atoms with Crippen LogP contribution in [0.3, 0.4) is 0 Å². The van der Waals surface area contributed by atoms with Gasteiger partial charge in [0.25, 0.3) is 17.3 Å². The van der Waals surface area contributed by atoms with Gasteiger partial charge in [0.1, 0.15) is 6.54 Å². The monoisotopic (exact) mass is 383 g/mol. The first-order valence-corrected chi connectivity index (χ1v) is 7.07. The van der Waals surface area contributed by atoms with Crippen molar-refractivity contribution in [2.24, 2.45) is 0 Å². The second kappa shape index (κ2) is 9.40. The zero-order chi connectivity index (χ0) is 20.6. The van der Waals surface area contributed by atoms with Gasteiger partial charge >= 0.3 is 5.97 Å². The van der Waals surface area contributed by atoms with E-state index in [1.807, 2.05) is 5.32 Å². The Morgan fingerprint density at radius 1 is 0.815 bits per heavy atom. The molecule has 144 valence electrons. The zero-order valence-electron chi connectivity index (χ0n) is 13.5. The van der Waals surface area contributed by atoms with E-state index in [2.05, 4.69) is 10.6 Å². The third kappa shape index (κ3) is 7.12. The van der Waals surface area contributed by atoms with Gasteiger partial charge in [-0.2, -0.15) is 0 Å². The first kappa shape index (κ1) is 20.9. The summed E-state index contributed by atoms with van der Waals surface area (Å²) < 4.78 is 0. The molecule has 0 saturated heterocycles. The number of nitrogens with zero attached hydrogens (tertiary/aromatic N) is 2. The second-order valence-corrected chi connectivity index (χ2v) is 4.88. The largest absolute Gasteiger partial charge is 0.480 e. The van der Waals surface area contributed by atoms with Gasteiger partial charge in [0, 0.05) is 12.1 Å². The summed E-state index contributed by atoms with van der Waals surface area (Å²) in [6, 6.07) is 2.29. The number of carboxylic acids is 1. The van der Waals surface area contributed by atoms with Gasteiger partial charge in [0.15, 0.2) is 0 Å². The summed E-state index contributed by atoms with van der Waals surface area (Å²) in [7, 11) is 0. The van der Waals surface area contributed by atoms with Crippen LogP contribution >= 0.6 is 0 Å². The molecule has 0 bridgehead atoms. The number of amides is 3. The van der Waals surface area contributed by atoms with Crippen molar-refractivity contribution in [1.29, 1.82) is 0 Å². The Morgan fingerprint density at radius 3 is 1.70 bits per heavy atom. The maximum absolute atomic E-state index is 11.9. The van der Waals surface area contributed by atoms with Gasteiger partial charge in [0.2, 0.25) is 11.8 Å². The van der Waals surface area contributed by atoms with Gasteiger partial charge in [-0.1, -0.05) is 0 Å². The van der Waals surface area contributed by atoms with E-state index in [4.69, 9.17) is 5.11 Å². The van der Waals surface area contributed by atoms with Crippen molar-refractivity contribution < 1.29 is 34.1 Å². The van der Waals surface area contributed by atoms with Crippen molar-refractivity contribution in [2.75, 3.05) is 19.6 Å². The summed E-state index contributed by atoms with van der Waals surface area (Å²) in [6.07, 6.45) is 0. The van der Waals surface area contributed by atoms with Crippen LogP contribution in [-0.2, 0) is 14.4 Å². The number of hydrogen-bond acceptors (Lipinski definition) is 8. The summed E-state index contributed by atoms with van der Waals surface area (Å²) in [5.74, 6) is -3.83. The lowest BCUT2D eigenvalue weighted by Gasteiger charge is -2.07. The van der Waals surface area contributed by atoms with Crippen LogP contribution in [0.2, 0.25) is 0 Å². The molecule has 1 aromatic carbocycles. The zero-order valence-corrected chi connectivity index (χ0v) is 13.5. The molecular formula is C13H13N5O9. The van der Waals surface area contributed by atoms with Crippen LogP contribution in [-0.4, -0.2) is 58.3 Å². The molecule has 0 aliphatic carbocycles. The molecule has 0 aromatic heterocycles. The molecule has 14 nitrogen and oxygen atoms in total. The number of benzene rings is 1. The average Bonchev–Trinajstić information content (AvgIpc) is 2.61. The van der Waals surface area contributed by atoms with Gasteiger partial charge in [-0.05, 0) is 0 Å². The summed E-state index contributed by atoms with van der Waals surface area (Å²) in [4.78, 5) is 64.7. The smallest absolute Gasteiger partial charge is 0.322 e. The molecule has 0 saturated carbocycles. The highest BCUT2D eigenvalue weighted by Crippen LogP contribution is 2.22. The summed E-state index contributed by atoms with van der Waals surface area (Å²) in [5.41, 5.74) is -1.74. The van der Waals surface area contributed by atoms with E-state index in [1.54, 1.807) is 0 Å². The third-order valence-electron chi connectivity index (χ3n) is 2.88. The first-order valence-electron chi connectivity index (χ1n) is 7.07. The van der Waals surface area contributed by atoms with Crippen LogP contribution in [0.1, 0.15) is 10.4 Å². The Kier molecular flexibility index (Phi) is 7.29. The summed E-state index contributed by atoms with van der Waals surface area (Å²) >= 11 is 0. The number of rotatable bonds is 9. The highest BCUT2D eigenvalue weighted by molar-refractivity contribution is 5.98. The highest BCUT2D eigenvalue weighted by atomic mass is 16.6. The second-order valence-electron chi connectivity index (χ2n) is 4.88. The van der Waals surface area contributed by atoms with Crippen LogP contribution in [0.4, 0.5) is 11.4 Å². The average molecular weight is 383 g/mol. The minimum atomic E-state index is -1.27. The first-order chi connectivity index (χ1) is 12.6. The van der Waals surface area contributed by atoms with Crippen molar-refractivity contribution in [2.45, 2.75) is 0 Å². The third-order valence-corrected chi connectivity index (χ3v) is 2.88. The maximum Gasteiger partial charge on any atom is 0.322 e. The van der Waals surface area contributed by atoms with Crippen LogP contribution in [0, 0.1) is 20.2 Å². The number of aliphatic carboxylic acids is 1. The van der Waals surface area contributed by atoms with Gasteiger partial charge < -0.3 is 21.1 Å². The Bertz CT molecular complexity index is 775. The quantitative estimate of drug-likeness (QED) is 0.290. The molecular weight excluding hydrogens is 370 g/mol. The van der Waals surface area contributed by atoms with Crippen molar-refractivity contribution in [3.8, 4) is 0 Å². The predicted octanol–water partition coefficient (Wildman–Crippen LogP) is -1.45. The van der Waals surface area contributed by atoms with Gasteiger partial charge in [-0.3, -0.25) is 39.4 Å². The SMILES string of the molecule is O=C(O)CNC(=O)CNC(=O)CNC(=O)c1cc([N+](=O)[O-])cc([N+](=O)[O-])c1. The van der Waals surface area contributed by atoms with E-state index in [0.29, 0.717) is 6.07 Å². The highest BCUT2D eigenvalue weighted by Gasteiger charge is 2.20. The fourth-order valence-electron chi connectivity index (χ4n) is 1.68. The minimum Gasteiger partial charge on any atom is -0.480 e. The lowest BCUT2D eigenvalue weighted by Crippen LogP contribution is -2.42. The molecule has 4 N–H and O–H groups in total. The van der Waals surface area contributed by atoms with Crippen molar-refractivity contribution in [3.05, 3.63) is 44.0 Å². The number of non-ortho nitro benzene ring substituents is 2. The predicted molar refractivity (Wildman–Crippen MR) is 85.7 cm³/mol. The van der Waals surface area contributed by atoms with Crippen molar-refractivity contribution >= 4 is 35.1 Å². The Balaban J connectivity index is 2.62. The van der Waals surface area contributed by atoms with E-state index in [9.17, 15) is 39.4 Å². The lowest BCUT2D eigenvalue weighted by molar-refractivity contribution is -0.394. The molecule has 0 radical (unpaired) electrons. The van der Waals surface area contributed by atoms with Crippen LogP contribution in [0.5, 0.6) is 0 Å². The fraction of sp³-hybridized carbons (Fsp3) is 0.231. The number of nitro benzene ring substituents is 2. The topological polar surface area (TPSA) is 211 Å². The Morgan fingerprint density at radius 2 is 1.26 bits per heavy atom. The van der Waals surface area contributed by atoms with Crippen LogP contribution in [0.25, 0.3) is 0 Å². The van der Waals surface area contributed by atoms with Crippen LogP contribution in [0.15, 0.2) is 18.2 Å². The lowest BCUT2D eigenvalue weighted by atomic mass is 10.1. The molecule has 14 heteroatoms. The molecule has 0 heterocycles. The van der Waals surface area contributed by atoms with Crippen LogP contribution < -0.4 is 16.0 Å². The Labute approximate surface area is 149 Å². The molecule has 0 spiro atoms. The number of carbonyl (C=O) groups is 4. The minimum absolute atomic E-state index is 0.400. The molecule has 0 aliphatic heterocycles. The number of carboxylic acid groups (broad SMARTS) is 1. The normalized spacial score (nSPS) is 9.78. The summed E-state index contributed by atoms with van der Waals surface area (Å²) in [5, 5.41) is 36.1. The number of nitrogens with one attached hydrogen (secondary N) is 3. The van der Waals surface area contributed by atoms with E-state index >= 15 is 0 Å². The van der Waals surface area contributed by atoms with E-state index < -0.39 is 70.1 Å². The maximum atomic E-state index is 11.9. The van der Waals surface area contributed by atoms with Crippen molar-refractivity contribution in [1.82, 2.24) is 16.0 Å². The number of nitro groups is 2. The van der Waals surface area contributed by atoms with E-state index in [-0.39, 0.29) is 0 Å². The van der Waals surface area contributed by atoms with E-state index in [0.717, 1.165) is 12.1 Å². The molecule has 1 aromatic rings. The molecule has 0 fully saturated rings. The van der Waals surface area contributed by atoms with Crippen molar-refractivity contribution in [3.63, 3.8) is 0 Å². The van der Waals surface area contributed by atoms with Gasteiger partial charge in [-0.25, -0.2) is 0 Å². The molecule has 1 rings (SSSR count). The number of hydrogen-bond donors (Lipinski definition) is 4. The molecule has 0 aliphatic rings. The van der Waals surface area contributed by atoms with Gasteiger partial charge in [-0.15, -0.1) is 0 Å². The number of carbonyl (C=O) groups excluding carboxylic acids is 3.